The first-order chi connectivity index (χ1) is 4.84. The van der Waals surface area contributed by atoms with Gasteiger partial charge in [-0.2, -0.15) is 0 Å². The number of hydrogen-bond donors (Lipinski definition) is 3. The van der Waals surface area contributed by atoms with Crippen molar-refractivity contribution in [1.29, 1.82) is 5.41 Å². The van der Waals surface area contributed by atoms with Crippen LogP contribution in [-0.4, -0.2) is 17.0 Å². The fourth-order valence-corrected chi connectivity index (χ4v) is 0.725. The highest BCUT2D eigenvalue weighted by atomic mass is 16.3. The van der Waals surface area contributed by atoms with Gasteiger partial charge in [0.25, 0.3) is 0 Å². The molecule has 0 aromatic rings. The highest BCUT2D eigenvalue weighted by molar-refractivity contribution is 5.76. The zero-order chi connectivity index (χ0) is 9.07. The molecule has 0 saturated heterocycles. The van der Waals surface area contributed by atoms with Crippen LogP contribution in [0.15, 0.2) is 0 Å². The average Bonchev–Trinajstić information content (AvgIpc) is 1.80. The molecule has 66 valence electrons. The van der Waals surface area contributed by atoms with Gasteiger partial charge in [-0.25, -0.2) is 0 Å². The molecule has 0 bridgehead atoms. The Labute approximate surface area is 68.1 Å². The summed E-state index contributed by atoms with van der Waals surface area (Å²) in [7, 11) is 0. The summed E-state index contributed by atoms with van der Waals surface area (Å²) in [5.74, 6) is 0.147. The molecule has 0 saturated carbocycles. The Morgan fingerprint density at radius 1 is 1.55 bits per heavy atom. The van der Waals surface area contributed by atoms with Gasteiger partial charge in [-0.1, -0.05) is 20.8 Å². The highest BCUT2D eigenvalue weighted by Crippen LogP contribution is 2.22. The maximum absolute atomic E-state index is 9.48. The van der Waals surface area contributed by atoms with Crippen molar-refractivity contribution in [2.24, 2.45) is 11.1 Å². The van der Waals surface area contributed by atoms with Crippen molar-refractivity contribution >= 4 is 5.84 Å². The van der Waals surface area contributed by atoms with Gasteiger partial charge >= 0.3 is 0 Å². The lowest BCUT2D eigenvalue weighted by molar-refractivity contribution is 0.0574. The van der Waals surface area contributed by atoms with E-state index in [1.165, 1.54) is 0 Å². The van der Waals surface area contributed by atoms with E-state index in [2.05, 4.69) is 0 Å². The fraction of sp³-hybridized carbons (Fsp3) is 0.875. The van der Waals surface area contributed by atoms with E-state index in [-0.39, 0.29) is 17.4 Å². The third-order valence-corrected chi connectivity index (χ3v) is 1.69. The van der Waals surface area contributed by atoms with Crippen LogP contribution in [0, 0.1) is 10.8 Å². The van der Waals surface area contributed by atoms with Crippen LogP contribution in [0.5, 0.6) is 0 Å². The Morgan fingerprint density at radius 2 is 2.00 bits per heavy atom. The van der Waals surface area contributed by atoms with E-state index in [0.29, 0.717) is 12.8 Å². The van der Waals surface area contributed by atoms with Crippen LogP contribution in [0.2, 0.25) is 0 Å². The summed E-state index contributed by atoms with van der Waals surface area (Å²) < 4.78 is 0. The molecule has 0 radical (unpaired) electrons. The molecule has 3 nitrogen and oxygen atoms in total. The Hall–Kier alpha value is -0.570. The average molecular weight is 158 g/mol. The predicted molar refractivity (Wildman–Crippen MR) is 46.6 cm³/mol. The van der Waals surface area contributed by atoms with Gasteiger partial charge < -0.3 is 10.8 Å². The van der Waals surface area contributed by atoms with Crippen LogP contribution in [0.25, 0.3) is 0 Å². The first-order valence-corrected chi connectivity index (χ1v) is 3.85. The minimum absolute atomic E-state index is 0.102. The molecule has 0 rings (SSSR count). The first-order valence-electron chi connectivity index (χ1n) is 3.85. The smallest absolute Gasteiger partial charge is 0.0906 e. The van der Waals surface area contributed by atoms with Crippen LogP contribution in [0.1, 0.15) is 33.6 Å². The van der Waals surface area contributed by atoms with E-state index in [1.807, 2.05) is 20.8 Å². The zero-order valence-corrected chi connectivity index (χ0v) is 7.52. The van der Waals surface area contributed by atoms with Crippen LogP contribution < -0.4 is 5.73 Å². The quantitative estimate of drug-likeness (QED) is 0.425. The molecule has 0 aliphatic rings. The monoisotopic (exact) mass is 158 g/mol. The van der Waals surface area contributed by atoms with E-state index in [9.17, 15) is 5.11 Å². The Morgan fingerprint density at radius 3 is 2.27 bits per heavy atom. The zero-order valence-electron chi connectivity index (χ0n) is 7.52. The van der Waals surface area contributed by atoms with Gasteiger partial charge in [0, 0.05) is 6.42 Å². The van der Waals surface area contributed by atoms with Gasteiger partial charge in [0.1, 0.15) is 0 Å². The van der Waals surface area contributed by atoms with E-state index in [0.717, 1.165) is 0 Å². The summed E-state index contributed by atoms with van der Waals surface area (Å²) in [4.78, 5) is 0. The van der Waals surface area contributed by atoms with Crippen LogP contribution in [0.4, 0.5) is 0 Å². The number of rotatable bonds is 3. The number of nitrogens with one attached hydrogen (secondary N) is 1. The number of amidine groups is 1. The fourth-order valence-electron chi connectivity index (χ4n) is 0.725. The maximum Gasteiger partial charge on any atom is 0.0906 e. The number of aliphatic hydroxyl groups is 1. The summed E-state index contributed by atoms with van der Waals surface area (Å²) in [5.41, 5.74) is 5.05. The molecule has 0 heterocycles. The third kappa shape index (κ3) is 4.79. The van der Waals surface area contributed by atoms with E-state index < -0.39 is 0 Å². The molecule has 0 unspecified atom stereocenters. The summed E-state index contributed by atoms with van der Waals surface area (Å²) in [6, 6.07) is 0. The van der Waals surface area contributed by atoms with Crippen molar-refractivity contribution in [2.75, 3.05) is 0 Å². The van der Waals surface area contributed by atoms with Crippen molar-refractivity contribution in [3.8, 4) is 0 Å². The molecule has 11 heavy (non-hydrogen) atoms. The largest absolute Gasteiger partial charge is 0.393 e. The van der Waals surface area contributed by atoms with Crippen LogP contribution in [-0.2, 0) is 0 Å². The molecule has 0 amide bonds. The van der Waals surface area contributed by atoms with Crippen LogP contribution in [0.3, 0.4) is 0 Å². The highest BCUT2D eigenvalue weighted by Gasteiger charge is 2.21. The molecule has 0 aliphatic heterocycles. The molecule has 0 spiro atoms. The lowest BCUT2D eigenvalue weighted by Crippen LogP contribution is -2.27. The summed E-state index contributed by atoms with van der Waals surface area (Å²) in [6.45, 7) is 5.91. The van der Waals surface area contributed by atoms with Gasteiger partial charge in [-0.05, 0) is 11.8 Å². The van der Waals surface area contributed by atoms with E-state index in [1.54, 1.807) is 0 Å². The predicted octanol–water partition coefficient (Wildman–Crippen LogP) is 1.11. The maximum atomic E-state index is 9.48. The minimum atomic E-state index is -0.369. The Kier molecular flexibility index (Phi) is 3.52. The van der Waals surface area contributed by atoms with E-state index >= 15 is 0 Å². The molecule has 0 fully saturated rings. The van der Waals surface area contributed by atoms with Gasteiger partial charge in [0.15, 0.2) is 0 Å². The molecule has 0 aromatic carbocycles. The second-order valence-electron chi connectivity index (χ2n) is 3.95. The second-order valence-corrected chi connectivity index (χ2v) is 3.95. The Bertz CT molecular complexity index is 138. The van der Waals surface area contributed by atoms with Crippen molar-refractivity contribution in [3.05, 3.63) is 0 Å². The number of aliphatic hydroxyl groups excluding tert-OH is 1. The molecular formula is C8H18N2O. The van der Waals surface area contributed by atoms with Crippen LogP contribution >= 0.6 is 0 Å². The standard InChI is InChI=1S/C8H18N2O/c1-8(2,3)6(11)4-5-7(9)10/h6,11H,4-5H2,1-3H3,(H3,9,10)/t6-/m1/s1. The normalized spacial score (nSPS) is 14.5. The van der Waals surface area contributed by atoms with Crippen molar-refractivity contribution in [1.82, 2.24) is 0 Å². The summed E-state index contributed by atoms with van der Waals surface area (Å²) in [5, 5.41) is 16.4. The molecule has 4 N–H and O–H groups in total. The molecule has 1 atom stereocenters. The SMILES string of the molecule is CC(C)(C)[C@H](O)CCC(=N)N. The Balaban J connectivity index is 3.70. The lowest BCUT2D eigenvalue weighted by Gasteiger charge is -2.25. The summed E-state index contributed by atoms with van der Waals surface area (Å²) in [6.07, 6.45) is 0.698. The molecular weight excluding hydrogens is 140 g/mol. The number of hydrogen-bond acceptors (Lipinski definition) is 2. The molecule has 0 aromatic heterocycles. The van der Waals surface area contributed by atoms with Gasteiger partial charge in [-0.3, -0.25) is 5.41 Å². The summed E-state index contributed by atoms with van der Waals surface area (Å²) >= 11 is 0. The van der Waals surface area contributed by atoms with Gasteiger partial charge in [0.2, 0.25) is 0 Å². The van der Waals surface area contributed by atoms with Gasteiger partial charge in [0.05, 0.1) is 11.9 Å². The third-order valence-electron chi connectivity index (χ3n) is 1.69. The molecule has 3 heteroatoms. The topological polar surface area (TPSA) is 70.1 Å². The lowest BCUT2D eigenvalue weighted by atomic mass is 9.86. The van der Waals surface area contributed by atoms with Crippen molar-refractivity contribution < 1.29 is 5.11 Å². The van der Waals surface area contributed by atoms with Gasteiger partial charge in [-0.15, -0.1) is 0 Å². The van der Waals surface area contributed by atoms with Crippen molar-refractivity contribution in [2.45, 2.75) is 39.7 Å². The second kappa shape index (κ2) is 3.72. The van der Waals surface area contributed by atoms with E-state index in [4.69, 9.17) is 11.1 Å². The minimum Gasteiger partial charge on any atom is -0.393 e. The van der Waals surface area contributed by atoms with Crippen molar-refractivity contribution in [3.63, 3.8) is 0 Å². The molecule has 0 aliphatic carbocycles. The first kappa shape index (κ1) is 10.4. The number of nitrogens with two attached hydrogens (primary N) is 1.